The zero-order chi connectivity index (χ0) is 9.10. The van der Waals surface area contributed by atoms with Gasteiger partial charge in [0.2, 0.25) is 0 Å². The maximum Gasteiger partial charge on any atom is -0.00174 e. The molecule has 0 saturated heterocycles. The molecule has 2 rings (SSSR count). The smallest absolute Gasteiger partial charge is 0.00174 e. The zero-order valence-corrected chi connectivity index (χ0v) is 8.47. The third-order valence-corrected chi connectivity index (χ3v) is 2.80. The van der Waals surface area contributed by atoms with Crippen LogP contribution in [0.25, 0.3) is 0 Å². The molecule has 0 fully saturated rings. The Balaban J connectivity index is 2.19. The third kappa shape index (κ3) is 2.19. The first-order chi connectivity index (χ1) is 6.34. The maximum atomic E-state index is 2.25. The van der Waals surface area contributed by atoms with Crippen molar-refractivity contribution < 1.29 is 0 Å². The van der Waals surface area contributed by atoms with Gasteiger partial charge in [0.25, 0.3) is 0 Å². The summed E-state index contributed by atoms with van der Waals surface area (Å²) in [6.45, 7) is 2.14. The van der Waals surface area contributed by atoms with Crippen LogP contribution in [0.15, 0.2) is 41.1 Å². The molecule has 0 atom stereocenters. The van der Waals surface area contributed by atoms with Gasteiger partial charge in [0.1, 0.15) is 0 Å². The van der Waals surface area contributed by atoms with Crippen LogP contribution in [0.5, 0.6) is 0 Å². The highest BCUT2D eigenvalue weighted by Crippen LogP contribution is 2.13. The van der Waals surface area contributed by atoms with E-state index in [9.17, 15) is 0 Å². The van der Waals surface area contributed by atoms with Crippen molar-refractivity contribution in [1.82, 2.24) is 0 Å². The normalized spacial score (nSPS) is 10.2. The quantitative estimate of drug-likeness (QED) is 0.675. The molecule has 0 unspecified atom stereocenters. The van der Waals surface area contributed by atoms with Crippen LogP contribution < -0.4 is 0 Å². The molecule has 2 aromatic rings. The Kier molecular flexibility index (Phi) is 2.46. The summed E-state index contributed by atoms with van der Waals surface area (Å²) >= 11 is 1.76. The summed E-state index contributed by atoms with van der Waals surface area (Å²) in [6.07, 6.45) is 1.06. The molecule has 0 aliphatic heterocycles. The van der Waals surface area contributed by atoms with E-state index < -0.39 is 0 Å². The summed E-state index contributed by atoms with van der Waals surface area (Å²) in [6, 6.07) is 10.9. The fraction of sp³-hybridized carbons (Fsp3) is 0.167. The largest absolute Gasteiger partial charge is 0.152 e. The number of thiophene rings is 1. The minimum absolute atomic E-state index is 1.06. The first-order valence-corrected chi connectivity index (χ1v) is 5.35. The van der Waals surface area contributed by atoms with Gasteiger partial charge in [-0.2, -0.15) is 11.3 Å². The van der Waals surface area contributed by atoms with E-state index in [1.807, 2.05) is 0 Å². The molecule has 1 heteroatoms. The molecule has 13 heavy (non-hydrogen) atoms. The molecule has 0 spiro atoms. The summed E-state index contributed by atoms with van der Waals surface area (Å²) in [5.74, 6) is 0. The van der Waals surface area contributed by atoms with Gasteiger partial charge in [-0.3, -0.25) is 0 Å². The van der Waals surface area contributed by atoms with Crippen LogP contribution in [0.2, 0.25) is 0 Å². The molecule has 0 nitrogen and oxygen atoms in total. The Hall–Kier alpha value is -1.08. The minimum Gasteiger partial charge on any atom is -0.152 e. The minimum atomic E-state index is 1.06. The second-order valence-corrected chi connectivity index (χ2v) is 4.08. The van der Waals surface area contributed by atoms with Gasteiger partial charge in [-0.15, -0.1) is 0 Å². The Morgan fingerprint density at radius 1 is 1.15 bits per heavy atom. The van der Waals surface area contributed by atoms with Crippen molar-refractivity contribution in [1.29, 1.82) is 0 Å². The molecule has 0 saturated carbocycles. The summed E-state index contributed by atoms with van der Waals surface area (Å²) < 4.78 is 0. The second-order valence-electron chi connectivity index (χ2n) is 3.30. The van der Waals surface area contributed by atoms with Gasteiger partial charge in [-0.1, -0.05) is 29.8 Å². The molecule has 1 aromatic heterocycles. The van der Waals surface area contributed by atoms with E-state index >= 15 is 0 Å². The lowest BCUT2D eigenvalue weighted by molar-refractivity contribution is 1.20. The first kappa shape index (κ1) is 8.52. The lowest BCUT2D eigenvalue weighted by Gasteiger charge is -1.99. The molecule has 0 radical (unpaired) electrons. The lowest BCUT2D eigenvalue weighted by atomic mass is 10.1. The Morgan fingerprint density at radius 3 is 2.77 bits per heavy atom. The molecule has 0 N–H and O–H groups in total. The van der Waals surface area contributed by atoms with Crippen LogP contribution in [-0.2, 0) is 6.42 Å². The summed E-state index contributed by atoms with van der Waals surface area (Å²) in [7, 11) is 0. The molecule has 1 heterocycles. The topological polar surface area (TPSA) is 0 Å². The predicted molar refractivity (Wildman–Crippen MR) is 58.3 cm³/mol. The maximum absolute atomic E-state index is 2.25. The van der Waals surface area contributed by atoms with Gasteiger partial charge in [-0.05, 0) is 41.3 Å². The summed E-state index contributed by atoms with van der Waals surface area (Å²) in [5, 5.41) is 4.34. The van der Waals surface area contributed by atoms with Crippen molar-refractivity contribution in [2.75, 3.05) is 0 Å². The molecule has 0 aliphatic rings. The van der Waals surface area contributed by atoms with Crippen LogP contribution in [0.4, 0.5) is 0 Å². The lowest BCUT2D eigenvalue weighted by Crippen LogP contribution is -1.85. The van der Waals surface area contributed by atoms with E-state index in [4.69, 9.17) is 0 Å². The highest BCUT2D eigenvalue weighted by atomic mass is 32.1. The second kappa shape index (κ2) is 3.75. The average Bonchev–Trinajstić information content (AvgIpc) is 2.57. The number of aryl methyl sites for hydroxylation is 1. The van der Waals surface area contributed by atoms with E-state index in [0.717, 1.165) is 6.42 Å². The van der Waals surface area contributed by atoms with E-state index in [2.05, 4.69) is 48.0 Å². The van der Waals surface area contributed by atoms with Crippen LogP contribution in [0, 0.1) is 6.92 Å². The molecule has 66 valence electrons. The molecular weight excluding hydrogens is 176 g/mol. The van der Waals surface area contributed by atoms with E-state index in [0.29, 0.717) is 0 Å². The number of benzene rings is 1. The molecule has 0 bridgehead atoms. The highest BCUT2D eigenvalue weighted by molar-refractivity contribution is 7.07. The zero-order valence-electron chi connectivity index (χ0n) is 7.66. The molecule has 1 aromatic carbocycles. The molecule has 0 aliphatic carbocycles. The standard InChI is InChI=1S/C12H12S/c1-10-3-2-4-11(7-10)8-12-5-6-13-9-12/h2-7,9H,8H2,1H3. The van der Waals surface area contributed by atoms with Gasteiger partial charge in [0.15, 0.2) is 0 Å². The highest BCUT2D eigenvalue weighted by Gasteiger charge is 1.95. The predicted octanol–water partition coefficient (Wildman–Crippen LogP) is 3.65. The Labute approximate surface area is 82.9 Å². The van der Waals surface area contributed by atoms with Crippen molar-refractivity contribution in [2.45, 2.75) is 13.3 Å². The van der Waals surface area contributed by atoms with E-state index in [1.165, 1.54) is 16.7 Å². The number of hydrogen-bond donors (Lipinski definition) is 0. The van der Waals surface area contributed by atoms with Crippen molar-refractivity contribution in [3.05, 3.63) is 57.8 Å². The molecule has 0 amide bonds. The van der Waals surface area contributed by atoms with E-state index in [1.54, 1.807) is 11.3 Å². The summed E-state index contributed by atoms with van der Waals surface area (Å²) in [4.78, 5) is 0. The number of rotatable bonds is 2. The fourth-order valence-electron chi connectivity index (χ4n) is 1.45. The van der Waals surface area contributed by atoms with Crippen molar-refractivity contribution in [3.63, 3.8) is 0 Å². The van der Waals surface area contributed by atoms with Gasteiger partial charge < -0.3 is 0 Å². The van der Waals surface area contributed by atoms with Gasteiger partial charge in [0, 0.05) is 0 Å². The Bertz CT molecular complexity index is 374. The monoisotopic (exact) mass is 188 g/mol. The van der Waals surface area contributed by atoms with Gasteiger partial charge in [-0.25, -0.2) is 0 Å². The van der Waals surface area contributed by atoms with Crippen LogP contribution >= 0.6 is 11.3 Å². The van der Waals surface area contributed by atoms with Gasteiger partial charge in [0.05, 0.1) is 0 Å². The van der Waals surface area contributed by atoms with Crippen molar-refractivity contribution in [3.8, 4) is 0 Å². The first-order valence-electron chi connectivity index (χ1n) is 4.41. The SMILES string of the molecule is Cc1cccc(Cc2ccsc2)c1. The van der Waals surface area contributed by atoms with Crippen LogP contribution in [-0.4, -0.2) is 0 Å². The van der Waals surface area contributed by atoms with Crippen molar-refractivity contribution >= 4 is 11.3 Å². The Morgan fingerprint density at radius 2 is 2.08 bits per heavy atom. The summed E-state index contributed by atoms with van der Waals surface area (Å²) in [5.41, 5.74) is 4.15. The van der Waals surface area contributed by atoms with Gasteiger partial charge >= 0.3 is 0 Å². The number of hydrogen-bond acceptors (Lipinski definition) is 1. The molecular formula is C12H12S. The fourth-order valence-corrected chi connectivity index (χ4v) is 2.12. The third-order valence-electron chi connectivity index (χ3n) is 2.07. The van der Waals surface area contributed by atoms with Crippen LogP contribution in [0.1, 0.15) is 16.7 Å². The van der Waals surface area contributed by atoms with Crippen molar-refractivity contribution in [2.24, 2.45) is 0 Å². The van der Waals surface area contributed by atoms with Crippen LogP contribution in [0.3, 0.4) is 0 Å². The van der Waals surface area contributed by atoms with E-state index in [-0.39, 0.29) is 0 Å². The average molecular weight is 188 g/mol.